The summed E-state index contributed by atoms with van der Waals surface area (Å²) in [7, 11) is 0. The summed E-state index contributed by atoms with van der Waals surface area (Å²) in [6.45, 7) is 3.10. The van der Waals surface area contributed by atoms with Gasteiger partial charge in [-0.05, 0) is 61.6 Å². The molecule has 11 heteroatoms. The first-order valence-electron chi connectivity index (χ1n) is 12.4. The second kappa shape index (κ2) is 9.30. The van der Waals surface area contributed by atoms with Crippen LogP contribution in [0, 0.1) is 22.6 Å². The minimum Gasteiger partial charge on any atom is -0.357 e. The average Bonchev–Trinajstić information content (AvgIpc) is 3.58. The molecule has 37 heavy (non-hydrogen) atoms. The second-order valence-electron chi connectivity index (χ2n) is 10.2. The van der Waals surface area contributed by atoms with Gasteiger partial charge in [-0.25, -0.2) is 18.2 Å². The minimum absolute atomic E-state index is 0.108. The topological polar surface area (TPSA) is 73.9 Å². The molecule has 0 atom stereocenters. The van der Waals surface area contributed by atoms with Crippen molar-refractivity contribution in [1.82, 2.24) is 24.6 Å². The van der Waals surface area contributed by atoms with E-state index in [0.29, 0.717) is 43.6 Å². The van der Waals surface area contributed by atoms with E-state index in [9.17, 15) is 18.4 Å². The van der Waals surface area contributed by atoms with Crippen molar-refractivity contribution in [2.75, 3.05) is 24.5 Å². The van der Waals surface area contributed by atoms with Crippen molar-refractivity contribution >= 4 is 17.4 Å². The number of rotatable bonds is 5. The lowest BCUT2D eigenvalue weighted by molar-refractivity contribution is 0.140. The number of anilines is 1. The number of pyridine rings is 1. The van der Waals surface area contributed by atoms with E-state index in [0.717, 1.165) is 54.6 Å². The molecule has 2 aromatic heterocycles. The van der Waals surface area contributed by atoms with Gasteiger partial charge in [0.1, 0.15) is 17.3 Å². The second-order valence-corrected chi connectivity index (χ2v) is 10.7. The van der Waals surface area contributed by atoms with Crippen LogP contribution in [0.25, 0.3) is 5.69 Å². The van der Waals surface area contributed by atoms with Crippen LogP contribution in [0.5, 0.6) is 0 Å². The predicted molar refractivity (Wildman–Crippen MR) is 131 cm³/mol. The molecule has 192 valence electrons. The first-order valence-corrected chi connectivity index (χ1v) is 12.8. The Kier molecular flexibility index (Phi) is 6.08. The fourth-order valence-corrected chi connectivity index (χ4v) is 5.69. The van der Waals surface area contributed by atoms with E-state index in [-0.39, 0.29) is 11.3 Å². The highest BCUT2D eigenvalue weighted by Gasteiger charge is 2.45. The third kappa shape index (κ3) is 4.55. The van der Waals surface area contributed by atoms with Crippen molar-refractivity contribution in [3.8, 4) is 11.8 Å². The number of halogens is 4. The molecule has 2 fully saturated rings. The molecule has 0 radical (unpaired) electrons. The normalized spacial score (nSPS) is 19.3. The molecule has 1 saturated heterocycles. The Morgan fingerprint density at radius 2 is 1.89 bits per heavy atom. The van der Waals surface area contributed by atoms with Gasteiger partial charge in [0.2, 0.25) is 0 Å². The van der Waals surface area contributed by atoms with Crippen molar-refractivity contribution in [3.63, 3.8) is 0 Å². The highest BCUT2D eigenvalue weighted by molar-refractivity contribution is 6.30. The van der Waals surface area contributed by atoms with Gasteiger partial charge in [-0.3, -0.25) is 9.47 Å². The summed E-state index contributed by atoms with van der Waals surface area (Å²) in [5.74, 6) is 1.17. The number of alkyl halides is 2. The van der Waals surface area contributed by atoms with Crippen molar-refractivity contribution < 1.29 is 13.2 Å². The zero-order valence-electron chi connectivity index (χ0n) is 20.0. The van der Waals surface area contributed by atoms with Crippen molar-refractivity contribution in [2.24, 2.45) is 5.41 Å². The lowest BCUT2D eigenvalue weighted by Gasteiger charge is -2.32. The minimum atomic E-state index is -2.96. The summed E-state index contributed by atoms with van der Waals surface area (Å²) >= 11 is 6.36. The third-order valence-electron chi connectivity index (χ3n) is 7.66. The van der Waals surface area contributed by atoms with E-state index in [1.54, 1.807) is 0 Å². The van der Waals surface area contributed by atoms with Crippen LogP contribution in [0.15, 0.2) is 30.3 Å². The first-order chi connectivity index (χ1) is 17.9. The van der Waals surface area contributed by atoms with Gasteiger partial charge in [0, 0.05) is 37.1 Å². The molecular formula is C26H25ClF3N7. The molecule has 1 aliphatic carbocycles. The number of hydrogen-bond donors (Lipinski definition) is 0. The molecule has 4 heterocycles. The Morgan fingerprint density at radius 3 is 2.59 bits per heavy atom. The Balaban J connectivity index is 1.26. The van der Waals surface area contributed by atoms with Gasteiger partial charge in [0.05, 0.1) is 23.7 Å². The SMILES string of the molecule is N#CC1(CN2Cc3cc(Cl)ccc3-n3c(nnc3C3CCN(c4ccc(F)c(C(F)F)n4)CC3)C2)CC1. The average molecular weight is 528 g/mol. The van der Waals surface area contributed by atoms with Crippen LogP contribution in [0.1, 0.15) is 60.9 Å². The maximum atomic E-state index is 13.7. The summed E-state index contributed by atoms with van der Waals surface area (Å²) in [6, 6.07) is 10.8. The largest absolute Gasteiger partial charge is 0.357 e. The number of nitriles is 1. The van der Waals surface area contributed by atoms with Gasteiger partial charge < -0.3 is 4.90 Å². The van der Waals surface area contributed by atoms with Crippen LogP contribution in [0.4, 0.5) is 19.0 Å². The molecule has 0 unspecified atom stereocenters. The number of benzene rings is 1. The van der Waals surface area contributed by atoms with E-state index in [2.05, 4.69) is 30.7 Å². The van der Waals surface area contributed by atoms with Gasteiger partial charge in [0.25, 0.3) is 6.43 Å². The Morgan fingerprint density at radius 1 is 1.11 bits per heavy atom. The Bertz CT molecular complexity index is 1370. The molecular weight excluding hydrogens is 503 g/mol. The molecule has 0 amide bonds. The summed E-state index contributed by atoms with van der Waals surface area (Å²) in [5, 5.41) is 19.5. The van der Waals surface area contributed by atoms with E-state index in [1.807, 2.05) is 23.1 Å². The molecule has 1 saturated carbocycles. The molecule has 0 spiro atoms. The molecule has 0 N–H and O–H groups in total. The Hall–Kier alpha value is -3.16. The van der Waals surface area contributed by atoms with Crippen molar-refractivity contribution in [3.05, 3.63) is 64.1 Å². The van der Waals surface area contributed by atoms with E-state index < -0.39 is 17.9 Å². The van der Waals surface area contributed by atoms with Gasteiger partial charge in [-0.15, -0.1) is 10.2 Å². The van der Waals surface area contributed by atoms with Crippen LogP contribution in [0.3, 0.4) is 0 Å². The summed E-state index contributed by atoms with van der Waals surface area (Å²) in [4.78, 5) is 8.05. The lowest BCUT2D eigenvalue weighted by Crippen LogP contribution is -2.34. The van der Waals surface area contributed by atoms with Crippen LogP contribution in [0.2, 0.25) is 5.02 Å². The van der Waals surface area contributed by atoms with Crippen LogP contribution >= 0.6 is 11.6 Å². The number of piperidine rings is 1. The van der Waals surface area contributed by atoms with Crippen LogP contribution in [-0.2, 0) is 13.1 Å². The molecule has 3 aromatic rings. The molecule has 1 aromatic carbocycles. The fraction of sp³-hybridized carbons (Fsp3) is 0.462. The zero-order valence-corrected chi connectivity index (χ0v) is 20.8. The zero-order chi connectivity index (χ0) is 25.7. The van der Waals surface area contributed by atoms with Gasteiger partial charge in [0.15, 0.2) is 11.6 Å². The summed E-state index contributed by atoms with van der Waals surface area (Å²) in [5.41, 5.74) is 0.968. The van der Waals surface area contributed by atoms with Gasteiger partial charge in [-0.2, -0.15) is 5.26 Å². The smallest absolute Gasteiger partial charge is 0.283 e. The third-order valence-corrected chi connectivity index (χ3v) is 7.90. The monoisotopic (exact) mass is 527 g/mol. The maximum Gasteiger partial charge on any atom is 0.283 e. The van der Waals surface area contributed by atoms with Crippen LogP contribution < -0.4 is 4.90 Å². The van der Waals surface area contributed by atoms with Crippen molar-refractivity contribution in [1.29, 1.82) is 5.26 Å². The molecule has 6 rings (SSSR count). The van der Waals surface area contributed by atoms with E-state index in [4.69, 9.17) is 11.6 Å². The first kappa shape index (κ1) is 24.2. The van der Waals surface area contributed by atoms with E-state index in [1.165, 1.54) is 6.07 Å². The standard InChI is InChI=1S/C26H25ClF3N7/c27-18-1-3-20-17(11-18)12-35(15-26(14-31)7-8-26)13-22-33-34-25(37(20)22)16-5-9-36(10-6-16)21-4-2-19(28)23(32-21)24(29)30/h1-4,11,16,24H,5-10,12-13,15H2. The Labute approximate surface area is 217 Å². The number of fused-ring (bicyclic) bond motifs is 3. The van der Waals surface area contributed by atoms with Gasteiger partial charge in [-0.1, -0.05) is 11.6 Å². The predicted octanol–water partition coefficient (Wildman–Crippen LogP) is 5.40. The highest BCUT2D eigenvalue weighted by Crippen LogP contribution is 2.46. The van der Waals surface area contributed by atoms with Gasteiger partial charge >= 0.3 is 0 Å². The molecule has 3 aliphatic rings. The summed E-state index contributed by atoms with van der Waals surface area (Å²) < 4.78 is 42.1. The lowest BCUT2D eigenvalue weighted by atomic mass is 9.95. The fourth-order valence-electron chi connectivity index (χ4n) is 5.49. The molecule has 2 aliphatic heterocycles. The number of aromatic nitrogens is 4. The summed E-state index contributed by atoms with van der Waals surface area (Å²) in [6.07, 6.45) is 0.331. The molecule has 7 nitrogen and oxygen atoms in total. The van der Waals surface area contributed by atoms with Crippen LogP contribution in [-0.4, -0.2) is 44.3 Å². The number of nitrogens with zero attached hydrogens (tertiary/aromatic N) is 7. The maximum absolute atomic E-state index is 13.7. The number of hydrogen-bond acceptors (Lipinski definition) is 6. The highest BCUT2D eigenvalue weighted by atomic mass is 35.5. The quantitative estimate of drug-likeness (QED) is 0.442. The van der Waals surface area contributed by atoms with Crippen molar-refractivity contribution in [2.45, 2.75) is 51.1 Å². The molecule has 0 bridgehead atoms. The van der Waals surface area contributed by atoms with E-state index >= 15 is 0 Å².